The van der Waals surface area contributed by atoms with Crippen molar-refractivity contribution in [3.63, 3.8) is 0 Å². The van der Waals surface area contributed by atoms with Crippen molar-refractivity contribution < 1.29 is 8.42 Å². The molecule has 0 aromatic heterocycles. The van der Waals surface area contributed by atoms with Gasteiger partial charge in [0.2, 0.25) is 0 Å². The Morgan fingerprint density at radius 3 is 2.64 bits per heavy atom. The average molecular weight is 177 g/mol. The second-order valence-corrected chi connectivity index (χ2v) is 5.11. The van der Waals surface area contributed by atoms with Gasteiger partial charge in [-0.05, 0) is 12.8 Å². The van der Waals surface area contributed by atoms with Crippen LogP contribution >= 0.6 is 0 Å². The Bertz CT molecular complexity index is 219. The summed E-state index contributed by atoms with van der Waals surface area (Å²) >= 11 is 0. The number of nitrogens with two attached hydrogens (primary N) is 1. The molecule has 1 unspecified atom stereocenters. The smallest absolute Gasteiger partial charge is 0.164 e. The fourth-order valence-electron chi connectivity index (χ4n) is 1.20. The van der Waals surface area contributed by atoms with Crippen LogP contribution in [0.25, 0.3) is 0 Å². The Morgan fingerprint density at radius 1 is 1.64 bits per heavy atom. The van der Waals surface area contributed by atoms with Crippen molar-refractivity contribution in [1.29, 1.82) is 0 Å². The highest BCUT2D eigenvalue weighted by atomic mass is 32.2. The molecule has 4 nitrogen and oxygen atoms in total. The van der Waals surface area contributed by atoms with Gasteiger partial charge in [0.05, 0.1) is 6.04 Å². The van der Waals surface area contributed by atoms with Crippen molar-refractivity contribution in [2.24, 2.45) is 5.73 Å². The monoisotopic (exact) mass is 177 g/mol. The number of nitrogens with zero attached hydrogens (tertiary/aromatic N) is 1. The molecule has 2 N–H and O–H groups in total. The molecule has 1 aliphatic heterocycles. The van der Waals surface area contributed by atoms with Crippen LogP contribution in [0.2, 0.25) is 0 Å². The molecule has 1 saturated heterocycles. The quantitative estimate of drug-likeness (QED) is 0.593. The summed E-state index contributed by atoms with van der Waals surface area (Å²) in [6, 6.07) is -0.162. The predicted molar refractivity (Wildman–Crippen MR) is 42.8 cm³/mol. The van der Waals surface area contributed by atoms with E-state index in [0.29, 0.717) is 0 Å². The summed E-state index contributed by atoms with van der Waals surface area (Å²) in [6.45, 7) is 0.758. The summed E-state index contributed by atoms with van der Waals surface area (Å²) in [5.74, 6) is 0. The molecular weight excluding hydrogens is 164 g/mol. The summed E-state index contributed by atoms with van der Waals surface area (Å²) < 4.78 is 21.9. The maximum atomic E-state index is 10.9. The molecule has 1 radical (unpaired) electrons. The first-order chi connectivity index (χ1) is 5.02. The van der Waals surface area contributed by atoms with Crippen LogP contribution in [-0.4, -0.2) is 32.6 Å². The van der Waals surface area contributed by atoms with Gasteiger partial charge in [0.25, 0.3) is 0 Å². The highest BCUT2D eigenvalue weighted by Gasteiger charge is 2.29. The van der Waals surface area contributed by atoms with E-state index in [0.717, 1.165) is 25.6 Å². The number of rotatable bonds is 2. The van der Waals surface area contributed by atoms with Gasteiger partial charge in [-0.25, -0.2) is 13.7 Å². The van der Waals surface area contributed by atoms with Gasteiger partial charge in [-0.2, -0.15) is 0 Å². The van der Waals surface area contributed by atoms with Gasteiger partial charge in [0.1, 0.15) is 5.37 Å². The van der Waals surface area contributed by atoms with Crippen molar-refractivity contribution in [3.05, 3.63) is 0 Å². The predicted octanol–water partition coefficient (Wildman–Crippen LogP) is -0.917. The van der Waals surface area contributed by atoms with Crippen LogP contribution in [0.15, 0.2) is 0 Å². The lowest BCUT2D eigenvalue weighted by atomic mass is 10.2. The Balaban J connectivity index is 2.60. The van der Waals surface area contributed by atoms with E-state index in [1.54, 1.807) is 0 Å². The molecule has 11 heavy (non-hydrogen) atoms. The molecule has 1 heterocycles. The molecule has 2 atom stereocenters. The summed E-state index contributed by atoms with van der Waals surface area (Å²) in [7, 11) is -3.10. The second kappa shape index (κ2) is 3.08. The third-order valence-electron chi connectivity index (χ3n) is 1.90. The Hall–Kier alpha value is -0.130. The molecule has 0 saturated carbocycles. The zero-order valence-corrected chi connectivity index (χ0v) is 7.34. The van der Waals surface area contributed by atoms with Crippen molar-refractivity contribution in [1.82, 2.24) is 5.32 Å². The van der Waals surface area contributed by atoms with Gasteiger partial charge >= 0.3 is 0 Å². The van der Waals surface area contributed by atoms with E-state index >= 15 is 0 Å². The van der Waals surface area contributed by atoms with Crippen LogP contribution in [0.3, 0.4) is 0 Å². The van der Waals surface area contributed by atoms with E-state index in [-0.39, 0.29) is 6.04 Å². The largest absolute Gasteiger partial charge is 0.314 e. The Labute approximate surface area is 67.1 Å². The normalized spacial score (nSPS) is 28.7. The lowest BCUT2D eigenvalue weighted by Crippen LogP contribution is -2.43. The van der Waals surface area contributed by atoms with Crippen LogP contribution in [0.1, 0.15) is 12.8 Å². The molecule has 0 spiro atoms. The third-order valence-corrected chi connectivity index (χ3v) is 3.20. The van der Waals surface area contributed by atoms with Crippen LogP contribution in [0, 0.1) is 0 Å². The summed E-state index contributed by atoms with van der Waals surface area (Å²) in [6.07, 6.45) is 2.94. The van der Waals surface area contributed by atoms with Crippen LogP contribution < -0.4 is 11.1 Å². The van der Waals surface area contributed by atoms with Crippen molar-refractivity contribution in [3.8, 4) is 0 Å². The highest BCUT2D eigenvalue weighted by molar-refractivity contribution is 7.91. The first-order valence-corrected chi connectivity index (χ1v) is 5.58. The topological polar surface area (TPSA) is 74.3 Å². The SMILES string of the molecule is CS(=O)(=O)C(N)[C@H]1CCC[N]1. The van der Waals surface area contributed by atoms with E-state index in [9.17, 15) is 8.42 Å². The minimum absolute atomic E-state index is 0.162. The third kappa shape index (κ3) is 2.15. The molecule has 0 aromatic carbocycles. The van der Waals surface area contributed by atoms with Gasteiger partial charge < -0.3 is 5.73 Å². The maximum absolute atomic E-state index is 10.9. The van der Waals surface area contributed by atoms with E-state index in [2.05, 4.69) is 5.32 Å². The fraction of sp³-hybridized carbons (Fsp3) is 1.00. The molecule has 1 rings (SSSR count). The van der Waals surface area contributed by atoms with Gasteiger partial charge in [0, 0.05) is 12.8 Å². The fourth-order valence-corrected chi connectivity index (χ4v) is 2.00. The Morgan fingerprint density at radius 2 is 2.27 bits per heavy atom. The van der Waals surface area contributed by atoms with Gasteiger partial charge in [-0.15, -0.1) is 0 Å². The van der Waals surface area contributed by atoms with Crippen LogP contribution in [0.4, 0.5) is 0 Å². The average Bonchev–Trinajstić information content (AvgIpc) is 2.34. The minimum Gasteiger partial charge on any atom is -0.314 e. The zero-order valence-electron chi connectivity index (χ0n) is 6.53. The molecule has 0 aliphatic carbocycles. The van der Waals surface area contributed by atoms with E-state index in [1.807, 2.05) is 0 Å². The lowest BCUT2D eigenvalue weighted by Gasteiger charge is -2.15. The van der Waals surface area contributed by atoms with Crippen LogP contribution in [-0.2, 0) is 9.84 Å². The van der Waals surface area contributed by atoms with Crippen molar-refractivity contribution >= 4 is 9.84 Å². The number of hydrogen-bond acceptors (Lipinski definition) is 3. The number of sulfone groups is 1. The number of hydrogen-bond donors (Lipinski definition) is 1. The minimum atomic E-state index is -3.10. The second-order valence-electron chi connectivity index (χ2n) is 2.91. The molecule has 1 aliphatic rings. The highest BCUT2D eigenvalue weighted by Crippen LogP contribution is 2.12. The summed E-state index contributed by atoms with van der Waals surface area (Å²) in [5, 5.41) is 3.31. The van der Waals surface area contributed by atoms with E-state index < -0.39 is 15.2 Å². The van der Waals surface area contributed by atoms with Gasteiger partial charge in [0.15, 0.2) is 9.84 Å². The van der Waals surface area contributed by atoms with Gasteiger partial charge in [-0.1, -0.05) is 0 Å². The molecule has 5 heteroatoms. The summed E-state index contributed by atoms with van der Waals surface area (Å²) in [5.41, 5.74) is 5.47. The van der Waals surface area contributed by atoms with Gasteiger partial charge in [-0.3, -0.25) is 0 Å². The Kier molecular flexibility index (Phi) is 2.51. The molecular formula is C6H13N2O2S. The zero-order chi connectivity index (χ0) is 8.48. The first-order valence-electron chi connectivity index (χ1n) is 3.63. The maximum Gasteiger partial charge on any atom is 0.164 e. The summed E-state index contributed by atoms with van der Waals surface area (Å²) in [4.78, 5) is 0. The molecule has 65 valence electrons. The van der Waals surface area contributed by atoms with Crippen molar-refractivity contribution in [2.45, 2.75) is 24.3 Å². The molecule has 0 aromatic rings. The van der Waals surface area contributed by atoms with Crippen molar-refractivity contribution in [2.75, 3.05) is 12.8 Å². The lowest BCUT2D eigenvalue weighted by molar-refractivity contribution is 0.527. The van der Waals surface area contributed by atoms with Crippen LogP contribution in [0.5, 0.6) is 0 Å². The first kappa shape index (κ1) is 8.96. The van der Waals surface area contributed by atoms with E-state index in [1.165, 1.54) is 0 Å². The molecule has 1 fully saturated rings. The molecule has 0 amide bonds. The molecule has 0 bridgehead atoms. The standard InChI is InChI=1S/C6H13N2O2S/c1-11(9,10)6(7)5-3-2-4-8-5/h5-6H,2-4,7H2,1H3/t5-,6?/m1/s1. The van der Waals surface area contributed by atoms with E-state index in [4.69, 9.17) is 5.73 Å².